The number of nitrogens with one attached hydrogen (secondary N) is 2. The molecule has 8 nitrogen and oxygen atoms in total. The van der Waals surface area contributed by atoms with Crippen LogP contribution in [0.2, 0.25) is 0 Å². The molecule has 2 saturated heterocycles. The number of fused-ring (bicyclic) bond motifs is 1. The molecule has 0 unspecified atom stereocenters. The Labute approximate surface area is 235 Å². The Morgan fingerprint density at radius 3 is 2.68 bits per heavy atom. The molecule has 41 heavy (non-hydrogen) atoms. The number of amides is 1. The lowest BCUT2D eigenvalue weighted by atomic mass is 10.0. The molecule has 0 aliphatic carbocycles. The molecular weight excluding hydrogens is 540 g/mol. The quantitative estimate of drug-likeness (QED) is 0.327. The number of nitrogens with zero attached hydrogens (tertiary/aromatic N) is 4. The zero-order chi connectivity index (χ0) is 29.1. The number of alkyl halides is 4. The molecule has 2 atom stereocenters. The average Bonchev–Trinajstić information content (AvgIpc) is 3.23. The Balaban J connectivity index is 1.36. The van der Waals surface area contributed by atoms with Crippen molar-refractivity contribution >= 4 is 22.9 Å². The van der Waals surface area contributed by atoms with E-state index >= 15 is 0 Å². The molecule has 0 radical (unpaired) electrons. The first-order chi connectivity index (χ1) is 19.6. The molecule has 4 heterocycles. The van der Waals surface area contributed by atoms with Gasteiger partial charge in [0, 0.05) is 37.9 Å². The van der Waals surface area contributed by atoms with Crippen molar-refractivity contribution < 1.29 is 27.1 Å². The van der Waals surface area contributed by atoms with Crippen molar-refractivity contribution in [3.8, 4) is 17.6 Å². The third-order valence-electron chi connectivity index (χ3n) is 7.37. The zero-order valence-electron chi connectivity index (χ0n) is 22.9. The van der Waals surface area contributed by atoms with Crippen LogP contribution < -0.4 is 15.4 Å². The number of aromatic nitrogens is 2. The molecule has 2 aliphatic heterocycles. The van der Waals surface area contributed by atoms with E-state index in [4.69, 9.17) is 4.74 Å². The number of carbonyl (C=O) groups excluding carboxylic acids is 1. The molecule has 3 aromatic rings. The summed E-state index contributed by atoms with van der Waals surface area (Å²) in [5, 5.41) is 6.25. The summed E-state index contributed by atoms with van der Waals surface area (Å²) in [6.07, 6.45) is -3.75. The van der Waals surface area contributed by atoms with E-state index in [1.807, 2.05) is 11.9 Å². The fraction of sp³-hybridized carbons (Fsp3) is 0.448. The Hall–Kier alpha value is -3.98. The van der Waals surface area contributed by atoms with Crippen LogP contribution in [0.3, 0.4) is 0 Å². The normalized spacial score (nSPS) is 19.3. The lowest BCUT2D eigenvalue weighted by molar-refractivity contribution is -0.128. The second kappa shape index (κ2) is 11.9. The van der Waals surface area contributed by atoms with Crippen LogP contribution in [0.4, 0.5) is 28.9 Å². The van der Waals surface area contributed by atoms with Gasteiger partial charge in [0.2, 0.25) is 0 Å². The maximum Gasteiger partial charge on any atom is 0.394 e. The molecule has 2 aromatic heterocycles. The fourth-order valence-electron chi connectivity index (χ4n) is 5.05. The third-order valence-corrected chi connectivity index (χ3v) is 7.37. The Morgan fingerprint density at radius 1 is 1.20 bits per heavy atom. The van der Waals surface area contributed by atoms with Crippen molar-refractivity contribution in [3.05, 3.63) is 53.5 Å². The first kappa shape index (κ1) is 28.5. The summed E-state index contributed by atoms with van der Waals surface area (Å²) >= 11 is 0. The van der Waals surface area contributed by atoms with Gasteiger partial charge in [0.15, 0.2) is 5.65 Å². The van der Waals surface area contributed by atoms with Gasteiger partial charge in [-0.3, -0.25) is 4.79 Å². The molecule has 0 bridgehead atoms. The number of anilines is 2. The van der Waals surface area contributed by atoms with E-state index in [1.165, 1.54) is 17.7 Å². The van der Waals surface area contributed by atoms with E-state index in [-0.39, 0.29) is 36.0 Å². The average molecular weight is 573 g/mol. The van der Waals surface area contributed by atoms with Crippen molar-refractivity contribution in [1.82, 2.24) is 19.2 Å². The van der Waals surface area contributed by atoms with E-state index in [1.54, 1.807) is 35.2 Å². The number of hydrogen-bond donors (Lipinski definition) is 2. The minimum atomic E-state index is -4.48. The van der Waals surface area contributed by atoms with Crippen molar-refractivity contribution in [2.24, 2.45) is 0 Å². The SMILES string of the molecule is COc1cc(C(=O)N2CCC2)ccc1NCC#Cc1nc2c(N[C@@H]3CCN(C)C[C@@H]3F)cccn2c1CC(F)(F)F. The van der Waals surface area contributed by atoms with Gasteiger partial charge in [0.1, 0.15) is 17.6 Å². The highest BCUT2D eigenvalue weighted by Gasteiger charge is 2.32. The summed E-state index contributed by atoms with van der Waals surface area (Å²) < 4.78 is 62.1. The first-order valence-corrected chi connectivity index (χ1v) is 13.5. The van der Waals surface area contributed by atoms with Gasteiger partial charge < -0.3 is 29.6 Å². The highest BCUT2D eigenvalue weighted by Crippen LogP contribution is 2.29. The third kappa shape index (κ3) is 6.51. The molecule has 12 heteroatoms. The van der Waals surface area contributed by atoms with E-state index in [9.17, 15) is 22.4 Å². The number of rotatable bonds is 7. The Kier molecular flexibility index (Phi) is 8.26. The van der Waals surface area contributed by atoms with Gasteiger partial charge in [0.25, 0.3) is 5.91 Å². The molecule has 1 aromatic carbocycles. The second-order valence-electron chi connectivity index (χ2n) is 10.3. The molecule has 2 N–H and O–H groups in total. The predicted molar refractivity (Wildman–Crippen MR) is 148 cm³/mol. The molecule has 5 rings (SSSR count). The molecule has 1 amide bonds. The monoisotopic (exact) mass is 572 g/mol. The molecule has 2 fully saturated rings. The molecular formula is C29H32F4N6O2. The first-order valence-electron chi connectivity index (χ1n) is 13.5. The second-order valence-corrected chi connectivity index (χ2v) is 10.3. The summed E-state index contributed by atoms with van der Waals surface area (Å²) in [6, 6.07) is 7.89. The number of ether oxygens (including phenoxy) is 1. The van der Waals surface area contributed by atoms with Crippen molar-refractivity contribution in [3.63, 3.8) is 0 Å². The van der Waals surface area contributed by atoms with Crippen molar-refractivity contribution in [2.75, 3.05) is 57.5 Å². The summed E-state index contributed by atoms with van der Waals surface area (Å²) in [5.41, 5.74) is 1.74. The lowest BCUT2D eigenvalue weighted by Crippen LogP contribution is -2.46. The summed E-state index contributed by atoms with van der Waals surface area (Å²) in [4.78, 5) is 20.6. The largest absolute Gasteiger partial charge is 0.495 e. The molecule has 0 spiro atoms. The van der Waals surface area contributed by atoms with E-state index in [0.717, 1.165) is 19.5 Å². The van der Waals surface area contributed by atoms with Crippen molar-refractivity contribution in [2.45, 2.75) is 37.7 Å². The van der Waals surface area contributed by atoms with Crippen LogP contribution in [0.5, 0.6) is 5.75 Å². The number of piperidine rings is 1. The highest BCUT2D eigenvalue weighted by atomic mass is 19.4. The van der Waals surface area contributed by atoms with E-state index in [2.05, 4.69) is 27.5 Å². The van der Waals surface area contributed by atoms with Crippen LogP contribution in [0, 0.1) is 11.8 Å². The standard InChI is InChI=1S/C29H32F4N6O2/c1-37-15-10-21(20(30)18-37)35-24-7-4-14-39-25(17-29(31,32)33)22(36-27(24)39)6-3-11-34-23-9-8-19(16-26(23)41-2)28(40)38-12-5-13-38/h4,7-9,14,16,20-21,34-35H,5,10-13,15,17-18H2,1-2H3/t20-,21+/m0/s1. The summed E-state index contributed by atoms with van der Waals surface area (Å²) in [7, 11) is 3.34. The van der Waals surface area contributed by atoms with Crippen LogP contribution >= 0.6 is 0 Å². The fourth-order valence-corrected chi connectivity index (χ4v) is 5.05. The lowest BCUT2D eigenvalue weighted by Gasteiger charge is -2.33. The van der Waals surface area contributed by atoms with Crippen LogP contribution in [-0.4, -0.2) is 90.4 Å². The minimum absolute atomic E-state index is 0.000934. The summed E-state index contributed by atoms with van der Waals surface area (Å²) in [5.74, 6) is 6.04. The topological polar surface area (TPSA) is 74.1 Å². The van der Waals surface area contributed by atoms with Gasteiger partial charge in [-0.15, -0.1) is 0 Å². The predicted octanol–water partition coefficient (Wildman–Crippen LogP) is 4.21. The highest BCUT2D eigenvalue weighted by molar-refractivity contribution is 5.95. The number of halogens is 4. The maximum absolute atomic E-state index is 14.7. The number of carbonyl (C=O) groups is 1. The number of likely N-dealkylation sites (tertiary alicyclic amines) is 2. The zero-order valence-corrected chi connectivity index (χ0v) is 22.9. The number of benzene rings is 1. The van der Waals surface area contributed by atoms with Gasteiger partial charge in [-0.05, 0) is 56.1 Å². The van der Waals surface area contributed by atoms with Crippen LogP contribution in [0.1, 0.15) is 34.6 Å². The molecule has 0 saturated carbocycles. The molecule has 218 valence electrons. The smallest absolute Gasteiger partial charge is 0.394 e. The van der Waals surface area contributed by atoms with Gasteiger partial charge >= 0.3 is 6.18 Å². The number of methoxy groups -OCH3 is 1. The van der Waals surface area contributed by atoms with Crippen LogP contribution in [0.25, 0.3) is 5.65 Å². The van der Waals surface area contributed by atoms with Crippen molar-refractivity contribution in [1.29, 1.82) is 0 Å². The van der Waals surface area contributed by atoms with Gasteiger partial charge in [-0.25, -0.2) is 9.37 Å². The van der Waals surface area contributed by atoms with Crippen LogP contribution in [0.15, 0.2) is 36.5 Å². The number of hydrogen-bond acceptors (Lipinski definition) is 6. The molecule has 2 aliphatic rings. The van der Waals surface area contributed by atoms with E-state index in [0.29, 0.717) is 35.7 Å². The van der Waals surface area contributed by atoms with Gasteiger partial charge in [0.05, 0.1) is 43.2 Å². The Bertz CT molecular complexity index is 1470. The van der Waals surface area contributed by atoms with Gasteiger partial charge in [-0.1, -0.05) is 5.92 Å². The maximum atomic E-state index is 14.7. The van der Waals surface area contributed by atoms with Gasteiger partial charge in [-0.2, -0.15) is 13.2 Å². The number of pyridine rings is 1. The van der Waals surface area contributed by atoms with Crippen LogP contribution in [-0.2, 0) is 6.42 Å². The number of imidazole rings is 1. The Morgan fingerprint density at radius 2 is 2.00 bits per heavy atom. The minimum Gasteiger partial charge on any atom is -0.495 e. The van der Waals surface area contributed by atoms with E-state index < -0.39 is 24.8 Å². The summed E-state index contributed by atoms with van der Waals surface area (Å²) in [6.45, 7) is 2.56.